The molecule has 1 aromatic heterocycles. The molecule has 0 saturated heterocycles. The monoisotopic (exact) mass is 354 g/mol. The fourth-order valence-corrected chi connectivity index (χ4v) is 3.90. The van der Waals surface area contributed by atoms with Crippen molar-refractivity contribution in [1.29, 1.82) is 0 Å². The van der Waals surface area contributed by atoms with Gasteiger partial charge in [-0.3, -0.25) is 9.59 Å². The van der Waals surface area contributed by atoms with Crippen molar-refractivity contribution >= 4 is 5.91 Å². The van der Waals surface area contributed by atoms with Gasteiger partial charge in [-0.05, 0) is 25.0 Å². The summed E-state index contributed by atoms with van der Waals surface area (Å²) in [5.74, 6) is 0.862. The number of carbonyl (C=O) groups excluding carboxylic acids is 1. The van der Waals surface area contributed by atoms with Crippen LogP contribution in [0.15, 0.2) is 53.5 Å². The third-order valence-corrected chi connectivity index (χ3v) is 5.34. The number of aryl methyl sites for hydroxylation is 1. The summed E-state index contributed by atoms with van der Waals surface area (Å²) in [6, 6.07) is 13.1. The minimum absolute atomic E-state index is 0.0260. The van der Waals surface area contributed by atoms with Crippen molar-refractivity contribution in [2.75, 3.05) is 13.7 Å². The van der Waals surface area contributed by atoms with E-state index >= 15 is 0 Å². The lowest BCUT2D eigenvalue weighted by molar-refractivity contribution is -0.121. The maximum Gasteiger partial charge on any atom is 0.250 e. The van der Waals surface area contributed by atoms with Crippen molar-refractivity contribution in [2.24, 2.45) is 0 Å². The molecule has 0 unspecified atom stereocenters. The minimum Gasteiger partial charge on any atom is -0.496 e. The van der Waals surface area contributed by atoms with Crippen molar-refractivity contribution in [2.45, 2.75) is 44.1 Å². The lowest BCUT2D eigenvalue weighted by Gasteiger charge is -2.31. The number of methoxy groups -OCH3 is 1. The van der Waals surface area contributed by atoms with E-state index in [1.807, 2.05) is 18.2 Å². The van der Waals surface area contributed by atoms with Crippen molar-refractivity contribution in [1.82, 2.24) is 9.88 Å². The van der Waals surface area contributed by atoms with Gasteiger partial charge in [-0.1, -0.05) is 37.1 Å². The van der Waals surface area contributed by atoms with Crippen LogP contribution in [0.5, 0.6) is 5.75 Å². The van der Waals surface area contributed by atoms with Gasteiger partial charge < -0.3 is 14.6 Å². The largest absolute Gasteiger partial charge is 0.496 e. The molecule has 5 nitrogen and oxygen atoms in total. The molecule has 1 aliphatic rings. The predicted molar refractivity (Wildman–Crippen MR) is 101 cm³/mol. The molecule has 2 aromatic rings. The molecule has 0 aliphatic heterocycles. The first kappa shape index (κ1) is 18.2. The van der Waals surface area contributed by atoms with Crippen molar-refractivity contribution in [3.63, 3.8) is 0 Å². The van der Waals surface area contributed by atoms with E-state index in [1.165, 1.54) is 11.6 Å². The summed E-state index contributed by atoms with van der Waals surface area (Å²) < 4.78 is 7.12. The lowest BCUT2D eigenvalue weighted by Crippen LogP contribution is -2.39. The molecule has 1 aliphatic carbocycles. The molecule has 3 rings (SSSR count). The first-order chi connectivity index (χ1) is 12.6. The number of para-hydroxylation sites is 1. The molecule has 1 aromatic carbocycles. The van der Waals surface area contributed by atoms with Crippen LogP contribution in [-0.4, -0.2) is 24.1 Å². The van der Waals surface area contributed by atoms with Crippen molar-refractivity contribution in [3.8, 4) is 5.75 Å². The summed E-state index contributed by atoms with van der Waals surface area (Å²) in [5.41, 5.74) is 1.03. The van der Waals surface area contributed by atoms with Gasteiger partial charge in [-0.25, -0.2) is 0 Å². The van der Waals surface area contributed by atoms with E-state index < -0.39 is 0 Å². The molecule has 1 fully saturated rings. The number of hydrogen-bond acceptors (Lipinski definition) is 3. The molecule has 0 bridgehead atoms. The van der Waals surface area contributed by atoms with Crippen LogP contribution in [0.3, 0.4) is 0 Å². The van der Waals surface area contributed by atoms with Gasteiger partial charge in [0.2, 0.25) is 5.91 Å². The highest BCUT2D eigenvalue weighted by atomic mass is 16.5. The third-order valence-electron chi connectivity index (χ3n) is 5.34. The summed E-state index contributed by atoms with van der Waals surface area (Å²) >= 11 is 0. The Hall–Kier alpha value is -2.56. The number of nitrogens with one attached hydrogen (secondary N) is 1. The summed E-state index contributed by atoms with van der Waals surface area (Å²) in [6.07, 6.45) is 6.42. The molecule has 5 heteroatoms. The zero-order valence-corrected chi connectivity index (χ0v) is 15.2. The Balaban J connectivity index is 1.65. The van der Waals surface area contributed by atoms with Gasteiger partial charge in [0.25, 0.3) is 5.56 Å². The highest BCUT2D eigenvalue weighted by Gasteiger charge is 2.37. The summed E-state index contributed by atoms with van der Waals surface area (Å²) in [4.78, 5) is 24.1. The van der Waals surface area contributed by atoms with Crippen LogP contribution in [0.25, 0.3) is 0 Å². The van der Waals surface area contributed by atoms with Crippen LogP contribution in [0.2, 0.25) is 0 Å². The normalized spacial score (nSPS) is 15.6. The Morgan fingerprint density at radius 3 is 2.62 bits per heavy atom. The Morgan fingerprint density at radius 1 is 1.15 bits per heavy atom. The standard InChI is InChI=1S/C21H26N2O3/c1-26-18-9-3-2-8-17(18)21(12-5-6-13-21)16-22-19(24)11-15-23-14-7-4-10-20(23)25/h2-4,7-10,14H,5-6,11-13,15-16H2,1H3,(H,22,24). The second kappa shape index (κ2) is 8.21. The average molecular weight is 354 g/mol. The first-order valence-electron chi connectivity index (χ1n) is 9.20. The van der Waals surface area contributed by atoms with Crippen LogP contribution in [0, 0.1) is 0 Å². The zero-order valence-electron chi connectivity index (χ0n) is 15.2. The second-order valence-electron chi connectivity index (χ2n) is 6.95. The molecule has 26 heavy (non-hydrogen) atoms. The summed E-state index contributed by atoms with van der Waals surface area (Å²) in [5, 5.41) is 3.10. The van der Waals surface area contributed by atoms with Crippen LogP contribution in [0.1, 0.15) is 37.7 Å². The molecule has 1 N–H and O–H groups in total. The van der Waals surface area contributed by atoms with E-state index in [4.69, 9.17) is 4.74 Å². The topological polar surface area (TPSA) is 60.3 Å². The zero-order chi connectivity index (χ0) is 18.4. The van der Waals surface area contributed by atoms with Gasteiger partial charge in [-0.2, -0.15) is 0 Å². The lowest BCUT2D eigenvalue weighted by atomic mass is 9.78. The molecule has 1 amide bonds. The van der Waals surface area contributed by atoms with E-state index in [0.29, 0.717) is 19.5 Å². The first-order valence-corrected chi connectivity index (χ1v) is 9.20. The van der Waals surface area contributed by atoms with Gasteiger partial charge in [-0.15, -0.1) is 0 Å². The SMILES string of the molecule is COc1ccccc1C1(CNC(=O)CCn2ccccc2=O)CCCC1. The molecule has 0 spiro atoms. The number of hydrogen-bond donors (Lipinski definition) is 1. The molecule has 1 heterocycles. The second-order valence-corrected chi connectivity index (χ2v) is 6.95. The van der Waals surface area contributed by atoms with Crippen molar-refractivity contribution in [3.05, 3.63) is 64.6 Å². The number of pyridine rings is 1. The Bertz CT molecular complexity index is 807. The van der Waals surface area contributed by atoms with Gasteiger partial charge >= 0.3 is 0 Å². The molecule has 1 saturated carbocycles. The number of benzene rings is 1. The number of aromatic nitrogens is 1. The summed E-state index contributed by atoms with van der Waals surface area (Å²) in [7, 11) is 1.69. The number of amides is 1. The molecule has 0 radical (unpaired) electrons. The van der Waals surface area contributed by atoms with Crippen LogP contribution < -0.4 is 15.6 Å². The maximum absolute atomic E-state index is 12.4. The van der Waals surface area contributed by atoms with E-state index in [9.17, 15) is 9.59 Å². The highest BCUT2D eigenvalue weighted by Crippen LogP contribution is 2.44. The Morgan fingerprint density at radius 2 is 1.88 bits per heavy atom. The third kappa shape index (κ3) is 3.98. The predicted octanol–water partition coefficient (Wildman–Crippen LogP) is 2.88. The van der Waals surface area contributed by atoms with Crippen molar-refractivity contribution < 1.29 is 9.53 Å². The van der Waals surface area contributed by atoms with Crippen LogP contribution in [-0.2, 0) is 16.8 Å². The Labute approximate surface area is 154 Å². The molecule has 138 valence electrons. The fraction of sp³-hybridized carbons (Fsp3) is 0.429. The quantitative estimate of drug-likeness (QED) is 0.832. The van der Waals surface area contributed by atoms with E-state index in [1.54, 1.807) is 30.0 Å². The summed E-state index contributed by atoms with van der Waals surface area (Å²) in [6.45, 7) is 1.00. The molecular weight excluding hydrogens is 328 g/mol. The number of carbonyl (C=O) groups is 1. The van der Waals surface area contributed by atoms with Gasteiger partial charge in [0, 0.05) is 42.8 Å². The number of nitrogens with zero attached hydrogens (tertiary/aromatic N) is 1. The fourth-order valence-electron chi connectivity index (χ4n) is 3.90. The van der Waals surface area contributed by atoms with Crippen LogP contribution in [0.4, 0.5) is 0 Å². The molecule has 0 atom stereocenters. The highest BCUT2D eigenvalue weighted by molar-refractivity contribution is 5.76. The number of ether oxygens (including phenoxy) is 1. The average Bonchev–Trinajstić information content (AvgIpc) is 3.16. The van der Waals surface area contributed by atoms with Gasteiger partial charge in [0.1, 0.15) is 5.75 Å². The molecular formula is C21H26N2O3. The number of rotatable bonds is 7. The van der Waals surface area contributed by atoms with E-state index in [0.717, 1.165) is 31.4 Å². The minimum atomic E-state index is -0.0819. The smallest absolute Gasteiger partial charge is 0.250 e. The van der Waals surface area contributed by atoms with Gasteiger partial charge in [0.15, 0.2) is 0 Å². The Kier molecular flexibility index (Phi) is 5.76. The maximum atomic E-state index is 12.4. The van der Waals surface area contributed by atoms with Crippen LogP contribution >= 0.6 is 0 Å². The van der Waals surface area contributed by atoms with E-state index in [-0.39, 0.29) is 16.9 Å². The van der Waals surface area contributed by atoms with E-state index in [2.05, 4.69) is 11.4 Å². The van der Waals surface area contributed by atoms with Gasteiger partial charge in [0.05, 0.1) is 7.11 Å².